The average molecular weight is 453 g/mol. The third-order valence-corrected chi connectivity index (χ3v) is 6.09. The number of carbonyl (C=O) groups is 1. The maximum atomic E-state index is 12.6. The SMILES string of the molecule is CC(Sc1nnc(-c2ccccc2Cl)n1Cc1ccccc1)C(=O)NCc1ccco1. The van der Waals surface area contributed by atoms with E-state index in [0.717, 1.165) is 11.1 Å². The number of thioether (sulfide) groups is 1. The van der Waals surface area contributed by atoms with Crippen molar-refractivity contribution in [2.24, 2.45) is 0 Å². The van der Waals surface area contributed by atoms with Crippen LogP contribution in [-0.4, -0.2) is 25.9 Å². The standard InChI is InChI=1S/C23H21ClN4O2S/c1-16(22(29)25-14-18-10-7-13-30-18)31-23-27-26-21(19-11-5-6-12-20(19)24)28(23)15-17-8-3-2-4-9-17/h2-13,16H,14-15H2,1H3,(H,25,29). The Balaban J connectivity index is 1.57. The number of benzene rings is 2. The number of hydrogen-bond acceptors (Lipinski definition) is 5. The van der Waals surface area contributed by atoms with Crippen LogP contribution in [0.25, 0.3) is 11.4 Å². The van der Waals surface area contributed by atoms with Crippen molar-refractivity contribution < 1.29 is 9.21 Å². The predicted molar refractivity (Wildman–Crippen MR) is 122 cm³/mol. The maximum Gasteiger partial charge on any atom is 0.233 e. The molecule has 158 valence electrons. The van der Waals surface area contributed by atoms with Gasteiger partial charge in [-0.05, 0) is 36.8 Å². The first kappa shape index (κ1) is 21.2. The highest BCUT2D eigenvalue weighted by molar-refractivity contribution is 8.00. The van der Waals surface area contributed by atoms with Crippen LogP contribution in [0.4, 0.5) is 0 Å². The minimum absolute atomic E-state index is 0.102. The molecule has 1 atom stereocenters. The Morgan fingerprint density at radius 2 is 1.87 bits per heavy atom. The molecular weight excluding hydrogens is 432 g/mol. The molecule has 1 unspecified atom stereocenters. The summed E-state index contributed by atoms with van der Waals surface area (Å²) in [7, 11) is 0. The molecule has 0 aliphatic carbocycles. The minimum Gasteiger partial charge on any atom is -0.467 e. The molecule has 0 aliphatic heterocycles. The van der Waals surface area contributed by atoms with Crippen molar-refractivity contribution in [3.8, 4) is 11.4 Å². The molecule has 0 aliphatic rings. The molecule has 2 aromatic carbocycles. The number of aromatic nitrogens is 3. The van der Waals surface area contributed by atoms with Gasteiger partial charge in [0.15, 0.2) is 11.0 Å². The molecule has 1 N–H and O–H groups in total. The van der Waals surface area contributed by atoms with E-state index in [0.29, 0.717) is 34.9 Å². The molecule has 0 saturated carbocycles. The molecule has 0 fully saturated rings. The number of amides is 1. The predicted octanol–water partition coefficient (Wildman–Crippen LogP) is 5.04. The van der Waals surface area contributed by atoms with Crippen molar-refractivity contribution in [1.82, 2.24) is 20.1 Å². The zero-order chi connectivity index (χ0) is 21.6. The van der Waals surface area contributed by atoms with Gasteiger partial charge in [-0.3, -0.25) is 9.36 Å². The number of halogens is 1. The summed E-state index contributed by atoms with van der Waals surface area (Å²) in [5.74, 6) is 1.27. The van der Waals surface area contributed by atoms with Gasteiger partial charge < -0.3 is 9.73 Å². The number of rotatable bonds is 8. The second-order valence-corrected chi connectivity index (χ2v) is 8.63. The summed E-state index contributed by atoms with van der Waals surface area (Å²) in [5, 5.41) is 12.6. The summed E-state index contributed by atoms with van der Waals surface area (Å²) in [6.07, 6.45) is 1.59. The summed E-state index contributed by atoms with van der Waals surface area (Å²) in [6.45, 7) is 2.76. The minimum atomic E-state index is -0.368. The summed E-state index contributed by atoms with van der Waals surface area (Å²) >= 11 is 7.79. The Morgan fingerprint density at radius 3 is 2.61 bits per heavy atom. The highest BCUT2D eigenvalue weighted by Crippen LogP contribution is 2.31. The lowest BCUT2D eigenvalue weighted by molar-refractivity contribution is -0.120. The Bertz CT molecular complexity index is 1150. The third kappa shape index (κ3) is 5.18. The Hall–Kier alpha value is -3.03. The average Bonchev–Trinajstić information content (AvgIpc) is 3.44. The van der Waals surface area contributed by atoms with E-state index in [9.17, 15) is 4.79 Å². The van der Waals surface area contributed by atoms with Gasteiger partial charge in [0.25, 0.3) is 0 Å². The van der Waals surface area contributed by atoms with E-state index in [2.05, 4.69) is 15.5 Å². The highest BCUT2D eigenvalue weighted by Gasteiger charge is 2.22. The van der Waals surface area contributed by atoms with Crippen LogP contribution in [-0.2, 0) is 17.9 Å². The van der Waals surface area contributed by atoms with Crippen molar-refractivity contribution in [2.45, 2.75) is 30.4 Å². The second-order valence-electron chi connectivity index (χ2n) is 6.92. The molecule has 0 radical (unpaired) electrons. The van der Waals surface area contributed by atoms with E-state index in [1.54, 1.807) is 12.3 Å². The molecule has 8 heteroatoms. The molecule has 2 heterocycles. The van der Waals surface area contributed by atoms with Gasteiger partial charge in [-0.25, -0.2) is 0 Å². The lowest BCUT2D eigenvalue weighted by Gasteiger charge is -2.14. The normalized spacial score (nSPS) is 11.9. The van der Waals surface area contributed by atoms with Crippen molar-refractivity contribution in [3.05, 3.63) is 89.3 Å². The lowest BCUT2D eigenvalue weighted by Crippen LogP contribution is -2.30. The van der Waals surface area contributed by atoms with E-state index in [1.807, 2.05) is 72.2 Å². The van der Waals surface area contributed by atoms with Gasteiger partial charge in [0.2, 0.25) is 5.91 Å². The maximum absolute atomic E-state index is 12.6. The van der Waals surface area contributed by atoms with Crippen LogP contribution >= 0.6 is 23.4 Å². The Morgan fingerprint density at radius 1 is 1.10 bits per heavy atom. The fourth-order valence-corrected chi connectivity index (χ4v) is 4.16. The van der Waals surface area contributed by atoms with Crippen LogP contribution < -0.4 is 5.32 Å². The number of nitrogens with zero attached hydrogens (tertiary/aromatic N) is 3. The van der Waals surface area contributed by atoms with E-state index >= 15 is 0 Å². The van der Waals surface area contributed by atoms with Gasteiger partial charge in [0.1, 0.15) is 5.76 Å². The molecule has 31 heavy (non-hydrogen) atoms. The first-order valence-electron chi connectivity index (χ1n) is 9.80. The monoisotopic (exact) mass is 452 g/mol. The van der Waals surface area contributed by atoms with E-state index in [4.69, 9.17) is 16.0 Å². The summed E-state index contributed by atoms with van der Waals surface area (Å²) in [4.78, 5) is 12.6. The summed E-state index contributed by atoms with van der Waals surface area (Å²) in [5.41, 5.74) is 1.90. The van der Waals surface area contributed by atoms with Crippen LogP contribution in [0.2, 0.25) is 5.02 Å². The van der Waals surface area contributed by atoms with Crippen LogP contribution in [0.1, 0.15) is 18.2 Å². The van der Waals surface area contributed by atoms with Crippen LogP contribution in [0, 0.1) is 0 Å². The highest BCUT2D eigenvalue weighted by atomic mass is 35.5. The van der Waals surface area contributed by atoms with Crippen molar-refractivity contribution in [1.29, 1.82) is 0 Å². The molecule has 4 aromatic rings. The van der Waals surface area contributed by atoms with Crippen LogP contribution in [0.3, 0.4) is 0 Å². The molecular formula is C23H21ClN4O2S. The van der Waals surface area contributed by atoms with E-state index < -0.39 is 0 Å². The van der Waals surface area contributed by atoms with Gasteiger partial charge in [-0.15, -0.1) is 10.2 Å². The number of hydrogen-bond donors (Lipinski definition) is 1. The quantitative estimate of drug-likeness (QED) is 0.379. The molecule has 0 bridgehead atoms. The molecule has 6 nitrogen and oxygen atoms in total. The summed E-state index contributed by atoms with van der Waals surface area (Å²) in [6, 6.07) is 21.2. The van der Waals surface area contributed by atoms with Gasteiger partial charge >= 0.3 is 0 Å². The van der Waals surface area contributed by atoms with E-state index in [-0.39, 0.29) is 11.2 Å². The fourth-order valence-electron chi connectivity index (χ4n) is 3.07. The molecule has 2 aromatic heterocycles. The lowest BCUT2D eigenvalue weighted by atomic mass is 10.2. The van der Waals surface area contributed by atoms with Gasteiger partial charge in [0.05, 0.1) is 29.6 Å². The van der Waals surface area contributed by atoms with Crippen molar-refractivity contribution in [2.75, 3.05) is 0 Å². The summed E-state index contributed by atoms with van der Waals surface area (Å²) < 4.78 is 7.27. The molecule has 0 spiro atoms. The van der Waals surface area contributed by atoms with Crippen molar-refractivity contribution >= 4 is 29.3 Å². The number of carbonyl (C=O) groups excluding carboxylic acids is 1. The third-order valence-electron chi connectivity index (χ3n) is 4.68. The van der Waals surface area contributed by atoms with Crippen molar-refractivity contribution in [3.63, 3.8) is 0 Å². The second kappa shape index (κ2) is 9.85. The molecule has 1 amide bonds. The Labute approximate surface area is 189 Å². The van der Waals surface area contributed by atoms with Gasteiger partial charge in [-0.1, -0.05) is 65.8 Å². The van der Waals surface area contributed by atoms with Crippen LogP contribution in [0.5, 0.6) is 0 Å². The topological polar surface area (TPSA) is 73.0 Å². The van der Waals surface area contributed by atoms with Crippen LogP contribution in [0.15, 0.2) is 82.6 Å². The molecule has 0 saturated heterocycles. The Kier molecular flexibility index (Phi) is 6.74. The number of nitrogens with one attached hydrogen (secondary N) is 1. The van der Waals surface area contributed by atoms with Gasteiger partial charge in [0, 0.05) is 5.56 Å². The zero-order valence-electron chi connectivity index (χ0n) is 16.9. The van der Waals surface area contributed by atoms with Gasteiger partial charge in [-0.2, -0.15) is 0 Å². The smallest absolute Gasteiger partial charge is 0.233 e. The first-order chi connectivity index (χ1) is 15.1. The number of furan rings is 1. The molecule has 4 rings (SSSR count). The zero-order valence-corrected chi connectivity index (χ0v) is 18.4. The van der Waals surface area contributed by atoms with E-state index in [1.165, 1.54) is 11.8 Å². The fraction of sp³-hybridized carbons (Fsp3) is 0.174. The first-order valence-corrected chi connectivity index (χ1v) is 11.1. The largest absolute Gasteiger partial charge is 0.467 e.